The van der Waals surface area contributed by atoms with E-state index in [2.05, 4.69) is 55.6 Å². The molecule has 0 aliphatic heterocycles. The van der Waals surface area contributed by atoms with E-state index >= 15 is 0 Å². The van der Waals surface area contributed by atoms with E-state index in [0.29, 0.717) is 12.8 Å². The van der Waals surface area contributed by atoms with E-state index in [1.165, 1.54) is 141 Å². The average molecular weight is 758 g/mol. The van der Waals surface area contributed by atoms with Gasteiger partial charge in [-0.3, -0.25) is 14.4 Å². The molecule has 0 aromatic rings. The Bertz CT molecular complexity index is 926. The lowest BCUT2D eigenvalue weighted by atomic mass is 10.0. The van der Waals surface area contributed by atoms with Crippen LogP contribution in [0.4, 0.5) is 0 Å². The van der Waals surface area contributed by atoms with E-state index in [0.717, 1.165) is 70.6 Å². The van der Waals surface area contributed by atoms with Crippen LogP contribution in [0.3, 0.4) is 0 Å². The van der Waals surface area contributed by atoms with Crippen LogP contribution in [0.25, 0.3) is 0 Å². The average Bonchev–Trinajstić information content (AvgIpc) is 3.16. The number of aliphatic carboxylic acids is 1. The summed E-state index contributed by atoms with van der Waals surface area (Å²) in [4.78, 5) is 34.9. The highest BCUT2D eigenvalue weighted by molar-refractivity contribution is 5.80. The third kappa shape index (κ3) is 42.4. The molecule has 0 aromatic heterocycles. The van der Waals surface area contributed by atoms with Crippen molar-refractivity contribution < 1.29 is 24.2 Å². The molecule has 1 unspecified atom stereocenters. The molecule has 0 aromatic carbocycles. The number of unbranched alkanes of at least 4 members (excludes halogenated alkanes) is 27. The quantitative estimate of drug-likeness (QED) is 0.0367. The van der Waals surface area contributed by atoms with E-state index < -0.39 is 5.97 Å². The Morgan fingerprint density at radius 3 is 1.39 bits per heavy atom. The van der Waals surface area contributed by atoms with Gasteiger partial charge in [0, 0.05) is 12.8 Å². The van der Waals surface area contributed by atoms with Crippen LogP contribution < -0.4 is 5.32 Å². The Morgan fingerprint density at radius 1 is 0.500 bits per heavy atom. The molecule has 0 aliphatic carbocycles. The number of esters is 1. The molecule has 0 bridgehead atoms. The number of ether oxygens (including phenoxy) is 1. The van der Waals surface area contributed by atoms with Crippen LogP contribution >= 0.6 is 0 Å². The van der Waals surface area contributed by atoms with Crippen LogP contribution in [0.1, 0.15) is 239 Å². The third-order valence-corrected chi connectivity index (χ3v) is 10.3. The first-order valence-electron chi connectivity index (χ1n) is 23.1. The smallest absolute Gasteiger partial charge is 0.322 e. The normalized spacial score (nSPS) is 12.3. The van der Waals surface area contributed by atoms with Crippen LogP contribution in [0.2, 0.25) is 0 Å². The Balaban J connectivity index is 3.97. The fraction of sp³-hybridized carbons (Fsp3) is 0.812. The highest BCUT2D eigenvalue weighted by Gasteiger charge is 2.12. The van der Waals surface area contributed by atoms with Crippen LogP contribution in [-0.2, 0) is 19.1 Å². The number of carbonyl (C=O) groups excluding carboxylic acids is 2. The van der Waals surface area contributed by atoms with Crippen molar-refractivity contribution in [3.63, 3.8) is 0 Å². The minimum atomic E-state index is -1.02. The predicted molar refractivity (Wildman–Crippen MR) is 231 cm³/mol. The highest BCUT2D eigenvalue weighted by atomic mass is 16.5. The molecule has 2 N–H and O–H groups in total. The minimum Gasteiger partial charge on any atom is -0.480 e. The molecule has 1 atom stereocenters. The number of allylic oxidation sites excluding steroid dienone is 5. The van der Waals surface area contributed by atoms with Crippen molar-refractivity contribution in [3.05, 3.63) is 36.5 Å². The molecule has 0 fully saturated rings. The number of hydrogen-bond donors (Lipinski definition) is 2. The molecule has 6 nitrogen and oxygen atoms in total. The van der Waals surface area contributed by atoms with Gasteiger partial charge < -0.3 is 15.2 Å². The maximum atomic E-state index is 12.7. The number of carboxylic acids is 1. The number of carbonyl (C=O) groups is 3. The number of carboxylic acid groups (broad SMARTS) is 1. The van der Waals surface area contributed by atoms with Gasteiger partial charge in [-0.25, -0.2) is 0 Å². The summed E-state index contributed by atoms with van der Waals surface area (Å²) in [6.45, 7) is 4.21. The second-order valence-electron chi connectivity index (χ2n) is 15.7. The molecule has 0 saturated heterocycles. The number of amides is 1. The van der Waals surface area contributed by atoms with Crippen molar-refractivity contribution in [1.29, 1.82) is 0 Å². The first-order chi connectivity index (χ1) is 26.5. The number of rotatable bonds is 42. The first-order valence-corrected chi connectivity index (χ1v) is 23.1. The molecule has 0 rings (SSSR count). The molecule has 314 valence electrons. The second-order valence-corrected chi connectivity index (χ2v) is 15.7. The lowest BCUT2D eigenvalue weighted by Crippen LogP contribution is -2.28. The summed E-state index contributed by atoms with van der Waals surface area (Å²) in [5, 5.41) is 11.1. The Labute approximate surface area is 334 Å². The monoisotopic (exact) mass is 758 g/mol. The maximum Gasteiger partial charge on any atom is 0.322 e. The third-order valence-electron chi connectivity index (χ3n) is 10.3. The number of nitrogens with one attached hydrogen (secondary N) is 1. The van der Waals surface area contributed by atoms with Gasteiger partial charge in [0.1, 0.15) is 12.6 Å². The van der Waals surface area contributed by atoms with Crippen molar-refractivity contribution in [2.75, 3.05) is 6.54 Å². The summed E-state index contributed by atoms with van der Waals surface area (Å²) in [5.74, 6) is -1.26. The summed E-state index contributed by atoms with van der Waals surface area (Å²) >= 11 is 0. The summed E-state index contributed by atoms with van der Waals surface area (Å²) in [5.41, 5.74) is 0. The molecule has 0 heterocycles. The standard InChI is InChI=1S/C48H87NO5/c1-3-5-7-9-11-13-14-15-16-17-18-19-20-21-22-23-24-25-26-27-29-35-39-43-48(53)54-45(40-36-32-28-12-10-8-6-4-2)41-37-33-30-31-34-38-42-46(50)49-44-47(51)52/h14-15,17-18,36,40,45H,3-13,16,19-35,37-39,41-44H2,1-2H3,(H,49,50)(H,51,52)/b15-14-,18-17-,40-36-. The van der Waals surface area contributed by atoms with E-state index in [1.807, 2.05) is 0 Å². The van der Waals surface area contributed by atoms with Crippen LogP contribution in [-0.4, -0.2) is 35.6 Å². The van der Waals surface area contributed by atoms with Crippen molar-refractivity contribution in [2.24, 2.45) is 0 Å². The largest absolute Gasteiger partial charge is 0.480 e. The number of hydrogen-bond acceptors (Lipinski definition) is 4. The fourth-order valence-electron chi connectivity index (χ4n) is 6.81. The zero-order chi connectivity index (χ0) is 39.4. The molecule has 1 amide bonds. The van der Waals surface area contributed by atoms with E-state index in [9.17, 15) is 14.4 Å². The van der Waals surface area contributed by atoms with Crippen LogP contribution in [0.5, 0.6) is 0 Å². The van der Waals surface area contributed by atoms with Gasteiger partial charge in [-0.1, -0.05) is 185 Å². The molecule has 0 saturated carbocycles. The lowest BCUT2D eigenvalue weighted by Gasteiger charge is -2.15. The van der Waals surface area contributed by atoms with Crippen molar-refractivity contribution >= 4 is 17.8 Å². The van der Waals surface area contributed by atoms with Gasteiger partial charge in [0.2, 0.25) is 5.91 Å². The van der Waals surface area contributed by atoms with Crippen LogP contribution in [0.15, 0.2) is 36.5 Å². The fourth-order valence-corrected chi connectivity index (χ4v) is 6.81. The molecule has 0 spiro atoms. The van der Waals surface area contributed by atoms with E-state index in [4.69, 9.17) is 9.84 Å². The van der Waals surface area contributed by atoms with Gasteiger partial charge in [0.05, 0.1) is 0 Å². The zero-order valence-electron chi connectivity index (χ0n) is 35.6. The molecule has 0 radical (unpaired) electrons. The molecule has 6 heteroatoms. The first kappa shape index (κ1) is 51.6. The van der Waals surface area contributed by atoms with Gasteiger partial charge in [0.25, 0.3) is 0 Å². The minimum absolute atomic E-state index is 0.0544. The lowest BCUT2D eigenvalue weighted by molar-refractivity contribution is -0.147. The molecular weight excluding hydrogens is 671 g/mol. The topological polar surface area (TPSA) is 92.7 Å². The Kier molecular flexibility index (Phi) is 41.5. The zero-order valence-corrected chi connectivity index (χ0v) is 35.6. The van der Waals surface area contributed by atoms with Crippen molar-refractivity contribution in [3.8, 4) is 0 Å². The van der Waals surface area contributed by atoms with E-state index in [1.54, 1.807) is 0 Å². The molecule has 54 heavy (non-hydrogen) atoms. The predicted octanol–water partition coefficient (Wildman–Crippen LogP) is 14.5. The van der Waals surface area contributed by atoms with E-state index in [-0.39, 0.29) is 24.5 Å². The molecule has 0 aliphatic rings. The summed E-state index contributed by atoms with van der Waals surface area (Å²) < 4.78 is 5.95. The van der Waals surface area contributed by atoms with Gasteiger partial charge in [0.15, 0.2) is 0 Å². The highest BCUT2D eigenvalue weighted by Crippen LogP contribution is 2.17. The molecular formula is C48H87NO5. The van der Waals surface area contributed by atoms with Gasteiger partial charge in [-0.05, 0) is 76.7 Å². The summed E-state index contributed by atoms with van der Waals surface area (Å²) in [7, 11) is 0. The van der Waals surface area contributed by atoms with Gasteiger partial charge in [-0.15, -0.1) is 0 Å². The Hall–Kier alpha value is -2.37. The SMILES string of the molecule is CCCCCCC/C=C\C/C=C\CCCCCCCCCCCCCC(=O)OC(/C=C\CCCCCCCC)CCCCCCCCC(=O)NCC(=O)O. The second kappa shape index (κ2) is 43.4. The van der Waals surface area contributed by atoms with Gasteiger partial charge >= 0.3 is 11.9 Å². The van der Waals surface area contributed by atoms with Crippen LogP contribution in [0, 0.1) is 0 Å². The van der Waals surface area contributed by atoms with Gasteiger partial charge in [-0.2, -0.15) is 0 Å². The summed E-state index contributed by atoms with van der Waals surface area (Å²) in [6.07, 6.45) is 54.4. The van der Waals surface area contributed by atoms with Crippen molar-refractivity contribution in [1.82, 2.24) is 5.32 Å². The van der Waals surface area contributed by atoms with Crippen molar-refractivity contribution in [2.45, 2.75) is 245 Å². The Morgan fingerprint density at radius 2 is 0.907 bits per heavy atom. The summed E-state index contributed by atoms with van der Waals surface area (Å²) in [6, 6.07) is 0. The maximum absolute atomic E-state index is 12.7.